The van der Waals surface area contributed by atoms with Gasteiger partial charge in [-0.05, 0) is 43.7 Å². The Kier molecular flexibility index (Phi) is 4.44. The van der Waals surface area contributed by atoms with Gasteiger partial charge < -0.3 is 5.73 Å². The zero-order valence-electron chi connectivity index (χ0n) is 11.6. The number of hydrogen-bond donors (Lipinski definition) is 1. The van der Waals surface area contributed by atoms with Crippen LogP contribution in [0.4, 0.5) is 0 Å². The summed E-state index contributed by atoms with van der Waals surface area (Å²) in [6.45, 7) is 0. The van der Waals surface area contributed by atoms with Gasteiger partial charge >= 0.3 is 0 Å². The van der Waals surface area contributed by atoms with Crippen molar-refractivity contribution in [2.75, 3.05) is 5.75 Å². The van der Waals surface area contributed by atoms with Crippen molar-refractivity contribution in [3.05, 3.63) is 29.6 Å². The maximum atomic E-state index is 6.48. The fraction of sp³-hybridized carbons (Fsp3) is 0.688. The SMILES string of the molecule is NC(CSC1CCCC1)C1CCCc2cccnc21. The molecule has 0 saturated heterocycles. The van der Waals surface area contributed by atoms with Crippen molar-refractivity contribution in [1.82, 2.24) is 4.98 Å². The van der Waals surface area contributed by atoms with E-state index in [0.29, 0.717) is 5.92 Å². The molecule has 0 aromatic carbocycles. The van der Waals surface area contributed by atoms with Gasteiger partial charge in [-0.1, -0.05) is 18.9 Å². The summed E-state index contributed by atoms with van der Waals surface area (Å²) in [7, 11) is 0. The van der Waals surface area contributed by atoms with Crippen molar-refractivity contribution in [1.29, 1.82) is 0 Å². The van der Waals surface area contributed by atoms with Gasteiger partial charge in [0, 0.05) is 34.9 Å². The number of nitrogens with zero attached hydrogens (tertiary/aromatic N) is 1. The molecule has 19 heavy (non-hydrogen) atoms. The zero-order chi connectivity index (χ0) is 13.1. The van der Waals surface area contributed by atoms with Crippen LogP contribution in [0.15, 0.2) is 18.3 Å². The third-order valence-corrected chi connectivity index (χ3v) is 6.10. The van der Waals surface area contributed by atoms with E-state index in [1.165, 1.54) is 56.2 Å². The Morgan fingerprint density at radius 3 is 2.95 bits per heavy atom. The second-order valence-electron chi connectivity index (χ2n) is 5.95. The lowest BCUT2D eigenvalue weighted by atomic mass is 9.83. The second-order valence-corrected chi connectivity index (χ2v) is 7.28. The highest BCUT2D eigenvalue weighted by atomic mass is 32.2. The highest BCUT2D eigenvalue weighted by Gasteiger charge is 2.27. The van der Waals surface area contributed by atoms with Crippen LogP contribution in [0.1, 0.15) is 55.7 Å². The normalized spacial score (nSPS) is 25.2. The van der Waals surface area contributed by atoms with Crippen LogP contribution in [-0.2, 0) is 6.42 Å². The summed E-state index contributed by atoms with van der Waals surface area (Å²) in [5.41, 5.74) is 9.20. The first-order chi connectivity index (χ1) is 9.34. The molecule has 1 aromatic rings. The van der Waals surface area contributed by atoms with E-state index in [1.807, 2.05) is 6.20 Å². The average Bonchev–Trinajstić information content (AvgIpc) is 2.97. The van der Waals surface area contributed by atoms with Crippen molar-refractivity contribution in [3.8, 4) is 0 Å². The Hall–Kier alpha value is -0.540. The number of aromatic nitrogens is 1. The molecule has 0 bridgehead atoms. The van der Waals surface area contributed by atoms with Crippen LogP contribution in [0.2, 0.25) is 0 Å². The third kappa shape index (κ3) is 3.14. The van der Waals surface area contributed by atoms with Crippen molar-refractivity contribution in [2.45, 2.75) is 62.2 Å². The average molecular weight is 276 g/mol. The van der Waals surface area contributed by atoms with Crippen LogP contribution >= 0.6 is 11.8 Å². The standard InChI is InChI=1S/C16H24N2S/c17-15(11-19-13-7-1-2-8-13)14-9-3-5-12-6-4-10-18-16(12)14/h4,6,10,13-15H,1-3,5,7-9,11,17H2. The largest absolute Gasteiger partial charge is 0.326 e. The maximum absolute atomic E-state index is 6.48. The van der Waals surface area contributed by atoms with Gasteiger partial charge in [0.1, 0.15) is 0 Å². The summed E-state index contributed by atoms with van der Waals surface area (Å²) < 4.78 is 0. The van der Waals surface area contributed by atoms with Gasteiger partial charge in [-0.15, -0.1) is 0 Å². The van der Waals surface area contributed by atoms with E-state index in [-0.39, 0.29) is 6.04 Å². The van der Waals surface area contributed by atoms with Crippen LogP contribution in [0, 0.1) is 0 Å². The minimum Gasteiger partial charge on any atom is -0.326 e. The van der Waals surface area contributed by atoms with Crippen molar-refractivity contribution in [2.24, 2.45) is 5.73 Å². The van der Waals surface area contributed by atoms with Gasteiger partial charge in [0.2, 0.25) is 0 Å². The third-order valence-electron chi connectivity index (χ3n) is 4.58. The van der Waals surface area contributed by atoms with Crippen molar-refractivity contribution < 1.29 is 0 Å². The molecule has 0 spiro atoms. The molecule has 104 valence electrons. The van der Waals surface area contributed by atoms with E-state index in [1.54, 1.807) is 0 Å². The molecule has 1 heterocycles. The minimum absolute atomic E-state index is 0.277. The van der Waals surface area contributed by atoms with Crippen LogP contribution in [-0.4, -0.2) is 22.0 Å². The molecule has 0 aliphatic heterocycles. The van der Waals surface area contributed by atoms with Crippen molar-refractivity contribution in [3.63, 3.8) is 0 Å². The van der Waals surface area contributed by atoms with E-state index >= 15 is 0 Å². The smallest absolute Gasteiger partial charge is 0.0482 e. The van der Waals surface area contributed by atoms with E-state index in [9.17, 15) is 0 Å². The van der Waals surface area contributed by atoms with Crippen molar-refractivity contribution >= 4 is 11.8 Å². The molecule has 0 radical (unpaired) electrons. The van der Waals surface area contributed by atoms with E-state index in [4.69, 9.17) is 5.73 Å². The first-order valence-corrected chi connectivity index (χ1v) is 8.70. The molecule has 2 nitrogen and oxygen atoms in total. The predicted octanol–water partition coefficient (Wildman–Crippen LogP) is 3.50. The Labute approximate surface area is 120 Å². The van der Waals surface area contributed by atoms with Crippen LogP contribution in [0.5, 0.6) is 0 Å². The van der Waals surface area contributed by atoms with E-state index in [0.717, 1.165) is 11.0 Å². The first kappa shape index (κ1) is 13.4. The molecule has 2 aliphatic carbocycles. The van der Waals surface area contributed by atoms with Gasteiger partial charge in [0.15, 0.2) is 0 Å². The summed E-state index contributed by atoms with van der Waals surface area (Å²) in [5.74, 6) is 1.59. The predicted molar refractivity (Wildman–Crippen MR) is 82.6 cm³/mol. The quantitative estimate of drug-likeness (QED) is 0.914. The number of rotatable bonds is 4. The topological polar surface area (TPSA) is 38.9 Å². The zero-order valence-corrected chi connectivity index (χ0v) is 12.4. The molecular weight excluding hydrogens is 252 g/mol. The number of aryl methyl sites for hydroxylation is 1. The molecule has 2 atom stereocenters. The number of hydrogen-bond acceptors (Lipinski definition) is 3. The van der Waals surface area contributed by atoms with Gasteiger partial charge in [-0.3, -0.25) is 4.98 Å². The Morgan fingerprint density at radius 1 is 1.26 bits per heavy atom. The molecule has 1 fully saturated rings. The van der Waals surface area contributed by atoms with Crippen LogP contribution < -0.4 is 5.73 Å². The fourth-order valence-electron chi connectivity index (χ4n) is 3.48. The number of pyridine rings is 1. The summed E-state index contributed by atoms with van der Waals surface area (Å²) in [6.07, 6.45) is 11.2. The van der Waals surface area contributed by atoms with E-state index in [2.05, 4.69) is 28.9 Å². The summed E-state index contributed by atoms with van der Waals surface area (Å²) in [5, 5.41) is 0.873. The molecule has 2 unspecified atom stereocenters. The number of fused-ring (bicyclic) bond motifs is 1. The van der Waals surface area contributed by atoms with Gasteiger partial charge in [-0.2, -0.15) is 11.8 Å². The molecule has 0 amide bonds. The lowest BCUT2D eigenvalue weighted by Crippen LogP contribution is -2.34. The molecule has 2 N–H and O–H groups in total. The molecule has 2 aliphatic rings. The minimum atomic E-state index is 0.277. The van der Waals surface area contributed by atoms with Crippen LogP contribution in [0.25, 0.3) is 0 Å². The van der Waals surface area contributed by atoms with Gasteiger partial charge in [-0.25, -0.2) is 0 Å². The summed E-state index contributed by atoms with van der Waals surface area (Å²) in [6, 6.07) is 4.56. The molecule has 1 aromatic heterocycles. The molecule has 1 saturated carbocycles. The molecule has 3 heteroatoms. The number of thioether (sulfide) groups is 1. The van der Waals surface area contributed by atoms with Gasteiger partial charge in [0.25, 0.3) is 0 Å². The molecule has 3 rings (SSSR count). The lowest BCUT2D eigenvalue weighted by Gasteiger charge is -2.29. The Balaban J connectivity index is 1.62. The maximum Gasteiger partial charge on any atom is 0.0482 e. The lowest BCUT2D eigenvalue weighted by molar-refractivity contribution is 0.476. The van der Waals surface area contributed by atoms with Gasteiger partial charge in [0.05, 0.1) is 0 Å². The Morgan fingerprint density at radius 2 is 2.11 bits per heavy atom. The summed E-state index contributed by atoms with van der Waals surface area (Å²) in [4.78, 5) is 4.61. The molecular formula is C16H24N2S. The van der Waals surface area contributed by atoms with Crippen LogP contribution in [0.3, 0.4) is 0 Å². The highest BCUT2D eigenvalue weighted by molar-refractivity contribution is 7.99. The highest BCUT2D eigenvalue weighted by Crippen LogP contribution is 2.35. The van der Waals surface area contributed by atoms with E-state index < -0.39 is 0 Å². The second kappa shape index (κ2) is 6.27. The monoisotopic (exact) mass is 276 g/mol. The first-order valence-electron chi connectivity index (χ1n) is 7.65. The Bertz CT molecular complexity index is 415. The fourth-order valence-corrected chi connectivity index (χ4v) is 4.87. The summed E-state index contributed by atoms with van der Waals surface area (Å²) >= 11 is 2.11. The number of nitrogens with two attached hydrogens (primary N) is 1.